The van der Waals surface area contributed by atoms with E-state index in [1.807, 2.05) is 11.5 Å². The van der Waals surface area contributed by atoms with Gasteiger partial charge in [0.25, 0.3) is 0 Å². The highest BCUT2D eigenvalue weighted by atomic mass is 35.5. The van der Waals surface area contributed by atoms with Gasteiger partial charge in [0.15, 0.2) is 0 Å². The fourth-order valence-electron chi connectivity index (χ4n) is 0.973. The van der Waals surface area contributed by atoms with E-state index in [1.54, 1.807) is 24.1 Å². The van der Waals surface area contributed by atoms with E-state index in [2.05, 4.69) is 12.3 Å². The normalized spacial score (nSPS) is 10.6. The van der Waals surface area contributed by atoms with Gasteiger partial charge in [0.1, 0.15) is 5.82 Å². The Kier molecular flexibility index (Phi) is 4.51. The van der Waals surface area contributed by atoms with Gasteiger partial charge in [-0.2, -0.15) is 4.41 Å². The lowest BCUT2D eigenvalue weighted by molar-refractivity contribution is 0.627. The Labute approximate surface area is 92.5 Å². The second kappa shape index (κ2) is 5.44. The molecule has 0 aliphatic heterocycles. The number of nitrogens with zero attached hydrogens (tertiary/aromatic N) is 1. The first-order chi connectivity index (χ1) is 6.63. The first-order valence-corrected chi connectivity index (χ1v) is 5.54. The second-order valence-corrected chi connectivity index (χ2v) is 4.45. The molecule has 1 N–H and O–H groups in total. The van der Waals surface area contributed by atoms with Crippen LogP contribution in [-0.4, -0.2) is 17.2 Å². The topological polar surface area (TPSA) is 15.3 Å². The Balaban J connectivity index is 2.63. The molecule has 14 heavy (non-hydrogen) atoms. The van der Waals surface area contributed by atoms with Gasteiger partial charge in [-0.25, -0.2) is 4.39 Å². The number of nitrogens with one attached hydrogen (secondary N) is 1. The summed E-state index contributed by atoms with van der Waals surface area (Å²) in [4.78, 5) is 0. The average molecular weight is 235 g/mol. The number of benzene rings is 1. The van der Waals surface area contributed by atoms with E-state index in [0.717, 1.165) is 11.4 Å². The molecule has 78 valence electrons. The van der Waals surface area contributed by atoms with E-state index in [0.29, 0.717) is 0 Å². The SMILES string of the molecule is CCSN(C)Nc1ccc(F)c(Cl)c1. The molecule has 0 radical (unpaired) electrons. The van der Waals surface area contributed by atoms with E-state index < -0.39 is 5.82 Å². The Bertz CT molecular complexity index is 309. The zero-order valence-corrected chi connectivity index (χ0v) is 9.62. The molecule has 0 amide bonds. The minimum absolute atomic E-state index is 0.130. The molecular weight excluding hydrogens is 223 g/mol. The fourth-order valence-corrected chi connectivity index (χ4v) is 1.71. The van der Waals surface area contributed by atoms with Crippen molar-refractivity contribution in [3.63, 3.8) is 0 Å². The molecule has 5 heteroatoms. The van der Waals surface area contributed by atoms with Crippen molar-refractivity contribution in [2.45, 2.75) is 6.92 Å². The molecule has 0 unspecified atom stereocenters. The minimum Gasteiger partial charge on any atom is -0.310 e. The summed E-state index contributed by atoms with van der Waals surface area (Å²) in [7, 11) is 1.89. The van der Waals surface area contributed by atoms with E-state index in [4.69, 9.17) is 11.6 Å². The fraction of sp³-hybridized carbons (Fsp3) is 0.333. The monoisotopic (exact) mass is 234 g/mol. The third kappa shape index (κ3) is 3.36. The highest BCUT2D eigenvalue weighted by molar-refractivity contribution is 7.97. The molecule has 0 saturated heterocycles. The van der Waals surface area contributed by atoms with Crippen molar-refractivity contribution in [1.82, 2.24) is 4.41 Å². The predicted molar refractivity (Wildman–Crippen MR) is 60.9 cm³/mol. The number of anilines is 1. The van der Waals surface area contributed by atoms with Crippen molar-refractivity contribution in [3.05, 3.63) is 29.0 Å². The lowest BCUT2D eigenvalue weighted by Gasteiger charge is -2.17. The van der Waals surface area contributed by atoms with Crippen LogP contribution in [0.25, 0.3) is 0 Å². The van der Waals surface area contributed by atoms with Gasteiger partial charge < -0.3 is 5.43 Å². The lowest BCUT2D eigenvalue weighted by atomic mass is 10.3. The number of hydrazine groups is 1. The molecule has 0 saturated carbocycles. The maximum Gasteiger partial charge on any atom is 0.141 e. The molecule has 0 atom stereocenters. The van der Waals surface area contributed by atoms with Crippen molar-refractivity contribution in [3.8, 4) is 0 Å². The Morgan fingerprint density at radius 1 is 1.57 bits per heavy atom. The maximum atomic E-state index is 12.8. The van der Waals surface area contributed by atoms with Gasteiger partial charge in [-0.3, -0.25) is 0 Å². The van der Waals surface area contributed by atoms with Gasteiger partial charge in [-0.15, -0.1) is 0 Å². The van der Waals surface area contributed by atoms with Crippen LogP contribution in [0.15, 0.2) is 18.2 Å². The van der Waals surface area contributed by atoms with Crippen LogP contribution in [0.5, 0.6) is 0 Å². The van der Waals surface area contributed by atoms with Crippen LogP contribution in [0.2, 0.25) is 5.02 Å². The molecule has 2 nitrogen and oxygen atoms in total. The smallest absolute Gasteiger partial charge is 0.141 e. The highest BCUT2D eigenvalue weighted by Crippen LogP contribution is 2.20. The molecule has 1 aromatic carbocycles. The van der Waals surface area contributed by atoms with Crippen molar-refractivity contribution in [1.29, 1.82) is 0 Å². The average Bonchev–Trinajstić information content (AvgIpc) is 2.12. The van der Waals surface area contributed by atoms with E-state index >= 15 is 0 Å². The van der Waals surface area contributed by atoms with Crippen LogP contribution in [-0.2, 0) is 0 Å². The summed E-state index contributed by atoms with van der Waals surface area (Å²) in [5, 5.41) is 0.130. The van der Waals surface area contributed by atoms with Gasteiger partial charge in [-0.05, 0) is 18.2 Å². The van der Waals surface area contributed by atoms with Crippen molar-refractivity contribution < 1.29 is 4.39 Å². The number of rotatable bonds is 4. The Hall–Kier alpha value is -0.450. The summed E-state index contributed by atoms with van der Waals surface area (Å²) >= 11 is 7.26. The second-order valence-electron chi connectivity index (χ2n) is 2.66. The molecule has 0 fully saturated rings. The van der Waals surface area contributed by atoms with Gasteiger partial charge in [-0.1, -0.05) is 30.5 Å². The Morgan fingerprint density at radius 2 is 2.29 bits per heavy atom. The van der Waals surface area contributed by atoms with Gasteiger partial charge in [0, 0.05) is 12.8 Å². The maximum absolute atomic E-state index is 12.8. The zero-order chi connectivity index (χ0) is 10.6. The van der Waals surface area contributed by atoms with Crippen LogP contribution in [0.3, 0.4) is 0 Å². The molecule has 1 aromatic rings. The van der Waals surface area contributed by atoms with E-state index in [-0.39, 0.29) is 5.02 Å². The van der Waals surface area contributed by atoms with Crippen molar-refractivity contribution in [2.75, 3.05) is 18.2 Å². The van der Waals surface area contributed by atoms with Gasteiger partial charge >= 0.3 is 0 Å². The molecule has 0 spiro atoms. The summed E-state index contributed by atoms with van der Waals surface area (Å²) in [6.07, 6.45) is 0. The first kappa shape index (κ1) is 11.6. The summed E-state index contributed by atoms with van der Waals surface area (Å²) in [5.41, 5.74) is 3.83. The van der Waals surface area contributed by atoms with Crippen LogP contribution in [0.4, 0.5) is 10.1 Å². The number of halogens is 2. The first-order valence-electron chi connectivity index (χ1n) is 4.22. The summed E-state index contributed by atoms with van der Waals surface area (Å²) in [5.74, 6) is 0.571. The number of hydrogen-bond acceptors (Lipinski definition) is 3. The number of hydrogen-bond donors (Lipinski definition) is 1. The van der Waals surface area contributed by atoms with Crippen LogP contribution >= 0.6 is 23.5 Å². The summed E-state index contributed by atoms with van der Waals surface area (Å²) in [6.45, 7) is 2.06. The molecule has 0 aromatic heterocycles. The van der Waals surface area contributed by atoms with E-state index in [9.17, 15) is 4.39 Å². The summed E-state index contributed by atoms with van der Waals surface area (Å²) < 4.78 is 14.7. The molecule has 0 aliphatic carbocycles. The van der Waals surface area contributed by atoms with Crippen LogP contribution in [0, 0.1) is 5.82 Å². The lowest BCUT2D eigenvalue weighted by Crippen LogP contribution is -2.17. The molecule has 0 heterocycles. The molecule has 0 aliphatic rings. The zero-order valence-electron chi connectivity index (χ0n) is 8.05. The summed E-state index contributed by atoms with van der Waals surface area (Å²) in [6, 6.07) is 4.55. The Morgan fingerprint density at radius 3 is 2.86 bits per heavy atom. The molecular formula is C9H12ClFN2S. The highest BCUT2D eigenvalue weighted by Gasteiger charge is 2.02. The third-order valence-corrected chi connectivity index (χ3v) is 2.56. The van der Waals surface area contributed by atoms with Crippen molar-refractivity contribution >= 4 is 29.2 Å². The van der Waals surface area contributed by atoms with E-state index in [1.165, 1.54) is 6.07 Å². The largest absolute Gasteiger partial charge is 0.310 e. The predicted octanol–water partition coefficient (Wildman–Crippen LogP) is 3.41. The molecule has 0 bridgehead atoms. The van der Waals surface area contributed by atoms with Gasteiger partial charge in [0.2, 0.25) is 0 Å². The quantitative estimate of drug-likeness (QED) is 0.635. The van der Waals surface area contributed by atoms with Crippen LogP contribution in [0.1, 0.15) is 6.92 Å². The minimum atomic E-state index is -0.400. The standard InChI is InChI=1S/C9H12ClFN2S/c1-3-14-13(2)12-7-4-5-9(11)8(10)6-7/h4-6,12H,3H2,1-2H3. The third-order valence-electron chi connectivity index (χ3n) is 1.53. The van der Waals surface area contributed by atoms with Crippen molar-refractivity contribution in [2.24, 2.45) is 0 Å². The van der Waals surface area contributed by atoms with Gasteiger partial charge in [0.05, 0.1) is 10.7 Å². The molecule has 1 rings (SSSR count). The van der Waals surface area contributed by atoms with Crippen LogP contribution < -0.4 is 5.43 Å².